The molecule has 1 aliphatic heterocycles. The Bertz CT molecular complexity index is 1220. The van der Waals surface area contributed by atoms with Gasteiger partial charge < -0.3 is 19.9 Å². The van der Waals surface area contributed by atoms with Crippen molar-refractivity contribution in [3.8, 4) is 0 Å². The lowest BCUT2D eigenvalue weighted by atomic mass is 10.1. The Hall–Kier alpha value is -3.04. The summed E-state index contributed by atoms with van der Waals surface area (Å²) in [6.45, 7) is 0.688. The smallest absolute Gasteiger partial charge is 0.259 e. The van der Waals surface area contributed by atoms with E-state index >= 15 is 0 Å². The molecule has 30 heavy (non-hydrogen) atoms. The molecule has 3 aromatic rings. The molecule has 7 nitrogen and oxygen atoms in total. The number of aromatic amines is 1. The van der Waals surface area contributed by atoms with Crippen LogP contribution >= 0.6 is 15.9 Å². The van der Waals surface area contributed by atoms with E-state index in [2.05, 4.69) is 31.2 Å². The average Bonchev–Trinajstić information content (AvgIpc) is 3.04. The molecule has 0 fully saturated rings. The van der Waals surface area contributed by atoms with Crippen LogP contribution in [0, 0.1) is 5.82 Å². The number of fused-ring (bicyclic) bond motifs is 1. The average molecular weight is 473 g/mol. The number of aromatic nitrogens is 2. The molecule has 0 saturated carbocycles. The zero-order valence-corrected chi connectivity index (χ0v) is 17.6. The number of Topliss-reactive ketones (excluding diaryl/α,β-unsaturated/α-hetero) is 1. The van der Waals surface area contributed by atoms with Crippen LogP contribution in [0.25, 0.3) is 16.5 Å². The number of methoxy groups -OCH3 is 1. The summed E-state index contributed by atoms with van der Waals surface area (Å²) in [6.07, 6.45) is 0. The summed E-state index contributed by atoms with van der Waals surface area (Å²) in [6, 6.07) is 11.3. The molecule has 0 unspecified atom stereocenters. The van der Waals surface area contributed by atoms with Gasteiger partial charge in [0.25, 0.3) is 5.56 Å². The highest BCUT2D eigenvalue weighted by Crippen LogP contribution is 2.32. The highest BCUT2D eigenvalue weighted by atomic mass is 79.9. The molecule has 2 aromatic carbocycles. The van der Waals surface area contributed by atoms with Crippen LogP contribution in [0.3, 0.4) is 0 Å². The number of halogens is 2. The molecule has 1 aliphatic rings. The second kappa shape index (κ2) is 8.37. The molecule has 0 atom stereocenters. The van der Waals surface area contributed by atoms with Crippen molar-refractivity contribution in [2.45, 2.75) is 0 Å². The van der Waals surface area contributed by atoms with Crippen LogP contribution in [0.5, 0.6) is 0 Å². The van der Waals surface area contributed by atoms with Crippen molar-refractivity contribution < 1.29 is 13.9 Å². The van der Waals surface area contributed by atoms with E-state index in [1.807, 2.05) is 0 Å². The number of nitrogens with one attached hydrogen (secondary N) is 2. The number of rotatable bonds is 6. The lowest BCUT2D eigenvalue weighted by molar-refractivity contribution is -0.112. The van der Waals surface area contributed by atoms with Crippen LogP contribution in [-0.2, 0) is 9.53 Å². The minimum atomic E-state index is -0.457. The Morgan fingerprint density at radius 1 is 1.27 bits per heavy atom. The number of nitrogens with zero attached hydrogens (tertiary/aromatic N) is 2. The normalized spacial score (nSPS) is 14.1. The second-order valence-corrected chi connectivity index (χ2v) is 7.60. The van der Waals surface area contributed by atoms with Gasteiger partial charge in [-0.05, 0) is 30.3 Å². The molecule has 0 saturated heterocycles. The van der Waals surface area contributed by atoms with Gasteiger partial charge in [0.2, 0.25) is 0 Å². The SMILES string of the molecule is COCCNC1=C(c2nc3cc(Br)ccc3c(=O)[nH]2)C(=O)CN1c1ccccc1F. The summed E-state index contributed by atoms with van der Waals surface area (Å²) < 4.78 is 20.3. The van der Waals surface area contributed by atoms with Gasteiger partial charge in [0.15, 0.2) is 5.78 Å². The quantitative estimate of drug-likeness (QED) is 0.536. The van der Waals surface area contributed by atoms with Crippen molar-refractivity contribution in [1.29, 1.82) is 0 Å². The van der Waals surface area contributed by atoms with Gasteiger partial charge in [0.05, 0.1) is 29.7 Å². The van der Waals surface area contributed by atoms with Crippen LogP contribution in [0.4, 0.5) is 10.1 Å². The fourth-order valence-electron chi connectivity index (χ4n) is 3.38. The monoisotopic (exact) mass is 472 g/mol. The molecule has 4 rings (SSSR count). The van der Waals surface area contributed by atoms with E-state index in [1.54, 1.807) is 48.4 Å². The summed E-state index contributed by atoms with van der Waals surface area (Å²) in [4.78, 5) is 34.3. The van der Waals surface area contributed by atoms with Crippen molar-refractivity contribution in [2.75, 3.05) is 31.7 Å². The highest BCUT2D eigenvalue weighted by Gasteiger charge is 2.34. The lowest BCUT2D eigenvalue weighted by Crippen LogP contribution is -2.32. The number of ether oxygens (including phenoxy) is 1. The molecule has 2 N–H and O–H groups in total. The fraction of sp³-hybridized carbons (Fsp3) is 0.190. The number of ketones is 1. The van der Waals surface area contributed by atoms with E-state index < -0.39 is 5.82 Å². The van der Waals surface area contributed by atoms with Crippen LogP contribution < -0.4 is 15.8 Å². The van der Waals surface area contributed by atoms with E-state index in [0.29, 0.717) is 29.9 Å². The molecule has 2 heterocycles. The summed E-state index contributed by atoms with van der Waals surface area (Å²) in [5.74, 6) is -0.230. The van der Waals surface area contributed by atoms with E-state index in [9.17, 15) is 14.0 Å². The Kier molecular flexibility index (Phi) is 5.65. The number of carbonyl (C=O) groups is 1. The maximum Gasteiger partial charge on any atom is 0.259 e. The third-order valence-electron chi connectivity index (χ3n) is 4.73. The third-order valence-corrected chi connectivity index (χ3v) is 5.23. The first-order chi connectivity index (χ1) is 14.5. The van der Waals surface area contributed by atoms with Gasteiger partial charge in [-0.25, -0.2) is 9.37 Å². The van der Waals surface area contributed by atoms with Crippen molar-refractivity contribution in [3.05, 3.63) is 74.8 Å². The van der Waals surface area contributed by atoms with Gasteiger partial charge in [-0.2, -0.15) is 0 Å². The molecule has 9 heteroatoms. The molecule has 1 aromatic heterocycles. The molecular weight excluding hydrogens is 455 g/mol. The molecule has 154 valence electrons. The maximum atomic E-state index is 14.5. The first-order valence-electron chi connectivity index (χ1n) is 9.22. The maximum absolute atomic E-state index is 14.5. The topological polar surface area (TPSA) is 87.3 Å². The second-order valence-electron chi connectivity index (χ2n) is 6.68. The van der Waals surface area contributed by atoms with Crippen molar-refractivity contribution >= 4 is 43.9 Å². The van der Waals surface area contributed by atoms with Gasteiger partial charge >= 0.3 is 0 Å². The van der Waals surface area contributed by atoms with Gasteiger partial charge in [-0.1, -0.05) is 28.1 Å². The fourth-order valence-corrected chi connectivity index (χ4v) is 3.72. The Balaban J connectivity index is 1.89. The largest absolute Gasteiger partial charge is 0.383 e. The van der Waals surface area contributed by atoms with Crippen molar-refractivity contribution in [1.82, 2.24) is 15.3 Å². The molecule has 0 amide bonds. The zero-order valence-electron chi connectivity index (χ0n) is 16.0. The standard InChI is InChI=1S/C21H18BrFN4O3/c1-30-9-8-24-20-18(17(28)11-27(20)16-5-3-2-4-14(16)23)19-25-15-10-12(22)6-7-13(15)21(29)26-19/h2-7,10,24H,8-9,11H2,1H3,(H,25,26,29). The first kappa shape index (κ1) is 20.2. The molecule has 0 aliphatic carbocycles. The van der Waals surface area contributed by atoms with Crippen LogP contribution in [0.2, 0.25) is 0 Å². The number of carbonyl (C=O) groups excluding carboxylic acids is 1. The highest BCUT2D eigenvalue weighted by molar-refractivity contribution is 9.10. The minimum Gasteiger partial charge on any atom is -0.383 e. The van der Waals surface area contributed by atoms with E-state index in [4.69, 9.17) is 4.74 Å². The van der Waals surface area contributed by atoms with Crippen LogP contribution in [-0.4, -0.2) is 42.6 Å². The summed E-state index contributed by atoms with van der Waals surface area (Å²) in [5, 5.41) is 3.55. The summed E-state index contributed by atoms with van der Waals surface area (Å²) >= 11 is 3.37. The Labute approximate surface area is 179 Å². The molecule has 0 radical (unpaired) electrons. The number of hydrogen-bond donors (Lipinski definition) is 2. The predicted molar refractivity (Wildman–Crippen MR) is 116 cm³/mol. The molecular formula is C21H18BrFN4O3. The van der Waals surface area contributed by atoms with Crippen molar-refractivity contribution in [3.63, 3.8) is 0 Å². The minimum absolute atomic E-state index is 0.0776. The number of hydrogen-bond acceptors (Lipinski definition) is 6. The molecule has 0 bridgehead atoms. The van der Waals surface area contributed by atoms with E-state index in [0.717, 1.165) is 4.47 Å². The molecule has 0 spiro atoms. The van der Waals surface area contributed by atoms with Gasteiger partial charge in [-0.3, -0.25) is 9.59 Å². The lowest BCUT2D eigenvalue weighted by Gasteiger charge is -2.23. The van der Waals surface area contributed by atoms with E-state index in [-0.39, 0.29) is 35.0 Å². The van der Waals surface area contributed by atoms with Crippen LogP contribution in [0.1, 0.15) is 5.82 Å². The van der Waals surface area contributed by atoms with Gasteiger partial charge in [-0.15, -0.1) is 0 Å². The third kappa shape index (κ3) is 3.73. The summed E-state index contributed by atoms with van der Waals surface area (Å²) in [7, 11) is 1.56. The number of H-pyrrole nitrogens is 1. The van der Waals surface area contributed by atoms with Gasteiger partial charge in [0, 0.05) is 18.1 Å². The number of para-hydroxylation sites is 1. The Morgan fingerprint density at radius 3 is 2.83 bits per heavy atom. The van der Waals surface area contributed by atoms with Crippen molar-refractivity contribution in [2.24, 2.45) is 0 Å². The van der Waals surface area contributed by atoms with E-state index in [1.165, 1.54) is 6.07 Å². The van der Waals surface area contributed by atoms with Gasteiger partial charge in [0.1, 0.15) is 23.0 Å². The Morgan fingerprint density at radius 2 is 2.07 bits per heavy atom. The first-order valence-corrected chi connectivity index (χ1v) is 10.0. The number of benzene rings is 2. The predicted octanol–water partition coefficient (Wildman–Crippen LogP) is 2.82. The summed E-state index contributed by atoms with van der Waals surface area (Å²) in [5.41, 5.74) is 0.548. The zero-order chi connectivity index (χ0) is 21.3. The van der Waals surface area contributed by atoms with Crippen LogP contribution in [0.15, 0.2) is 57.6 Å². The number of anilines is 1.